The second-order valence-corrected chi connectivity index (χ2v) is 7.45. The highest BCUT2D eigenvalue weighted by atomic mass is 35.5. The summed E-state index contributed by atoms with van der Waals surface area (Å²) >= 11 is 13.4. The largest absolute Gasteiger partial charge is 0.493 e. The van der Waals surface area contributed by atoms with Gasteiger partial charge in [0.05, 0.1) is 19.2 Å². The number of rotatable bonds is 6. The van der Waals surface area contributed by atoms with Crippen molar-refractivity contribution in [2.24, 2.45) is 0 Å². The number of nitrogens with one attached hydrogen (secondary N) is 1. The average molecular weight is 440 g/mol. The predicted molar refractivity (Wildman–Crippen MR) is 110 cm³/mol. The molecular formula is C19H15Cl2NO5S. The molecule has 0 spiro atoms. The van der Waals surface area contributed by atoms with Gasteiger partial charge in [-0.05, 0) is 24.3 Å². The fraction of sp³-hybridized carbons (Fsp3) is 0.158. The molecule has 0 saturated carbocycles. The Morgan fingerprint density at radius 3 is 2.50 bits per heavy atom. The summed E-state index contributed by atoms with van der Waals surface area (Å²) in [6.07, 6.45) is 0. The van der Waals surface area contributed by atoms with Gasteiger partial charge in [0.2, 0.25) is 0 Å². The van der Waals surface area contributed by atoms with Gasteiger partial charge >= 0.3 is 5.97 Å². The summed E-state index contributed by atoms with van der Waals surface area (Å²) in [4.78, 5) is 24.6. The number of esters is 1. The third-order valence-electron chi connectivity index (χ3n) is 3.78. The maximum atomic E-state index is 12.3. The fourth-order valence-electron chi connectivity index (χ4n) is 2.48. The van der Waals surface area contributed by atoms with Crippen LogP contribution in [0.15, 0.2) is 36.4 Å². The van der Waals surface area contributed by atoms with Crippen molar-refractivity contribution in [3.8, 4) is 11.5 Å². The lowest BCUT2D eigenvalue weighted by atomic mass is 10.2. The summed E-state index contributed by atoms with van der Waals surface area (Å²) in [5, 5.41) is 4.15. The van der Waals surface area contributed by atoms with Gasteiger partial charge in [0.25, 0.3) is 5.91 Å². The van der Waals surface area contributed by atoms with E-state index in [0.717, 1.165) is 16.0 Å². The predicted octanol–water partition coefficient (Wildman–Crippen LogP) is 5.02. The Labute approximate surface area is 174 Å². The molecule has 9 heteroatoms. The Morgan fingerprint density at radius 1 is 1.04 bits per heavy atom. The lowest BCUT2D eigenvalue weighted by molar-refractivity contribution is -0.119. The van der Waals surface area contributed by atoms with Crippen molar-refractivity contribution in [1.82, 2.24) is 0 Å². The van der Waals surface area contributed by atoms with Crippen LogP contribution in [-0.2, 0) is 9.53 Å². The maximum absolute atomic E-state index is 12.3. The topological polar surface area (TPSA) is 73.9 Å². The maximum Gasteiger partial charge on any atom is 0.350 e. The van der Waals surface area contributed by atoms with E-state index in [4.69, 9.17) is 37.4 Å². The number of hydrogen-bond acceptors (Lipinski definition) is 6. The van der Waals surface area contributed by atoms with Crippen LogP contribution in [0.25, 0.3) is 10.1 Å². The molecule has 3 aromatic rings. The number of carbonyl (C=O) groups is 2. The molecule has 0 fully saturated rings. The summed E-state index contributed by atoms with van der Waals surface area (Å²) in [7, 11) is 3.01. The van der Waals surface area contributed by atoms with Crippen molar-refractivity contribution < 1.29 is 23.8 Å². The van der Waals surface area contributed by atoms with Crippen LogP contribution in [0, 0.1) is 0 Å². The second-order valence-electron chi connectivity index (χ2n) is 5.58. The molecule has 6 nitrogen and oxygen atoms in total. The average Bonchev–Trinajstić information content (AvgIpc) is 3.01. The zero-order chi connectivity index (χ0) is 20.3. The van der Waals surface area contributed by atoms with Gasteiger partial charge in [-0.25, -0.2) is 4.79 Å². The second kappa shape index (κ2) is 8.68. The molecule has 0 unspecified atom stereocenters. The molecule has 1 amide bonds. The van der Waals surface area contributed by atoms with Gasteiger partial charge in [0.1, 0.15) is 4.88 Å². The molecule has 146 valence electrons. The van der Waals surface area contributed by atoms with E-state index < -0.39 is 18.5 Å². The van der Waals surface area contributed by atoms with Crippen molar-refractivity contribution in [3.05, 3.63) is 51.3 Å². The molecule has 0 aliphatic heterocycles. The third kappa shape index (κ3) is 4.32. The van der Waals surface area contributed by atoms with E-state index in [0.29, 0.717) is 27.6 Å². The minimum atomic E-state index is -0.676. The van der Waals surface area contributed by atoms with E-state index >= 15 is 0 Å². The first-order valence-electron chi connectivity index (χ1n) is 7.99. The van der Waals surface area contributed by atoms with E-state index in [9.17, 15) is 9.59 Å². The molecule has 1 aromatic heterocycles. The van der Waals surface area contributed by atoms with Crippen LogP contribution < -0.4 is 14.8 Å². The minimum Gasteiger partial charge on any atom is -0.493 e. The minimum absolute atomic E-state index is 0.220. The molecular weight excluding hydrogens is 425 g/mol. The van der Waals surface area contributed by atoms with Crippen molar-refractivity contribution in [3.63, 3.8) is 0 Å². The van der Waals surface area contributed by atoms with Gasteiger partial charge in [-0.3, -0.25) is 4.79 Å². The van der Waals surface area contributed by atoms with Crippen LogP contribution in [0.2, 0.25) is 10.0 Å². The van der Waals surface area contributed by atoms with E-state index in [2.05, 4.69) is 5.32 Å². The van der Waals surface area contributed by atoms with Gasteiger partial charge in [0, 0.05) is 26.9 Å². The first-order valence-corrected chi connectivity index (χ1v) is 9.56. The number of benzene rings is 2. The Kier molecular flexibility index (Phi) is 6.28. The molecule has 0 radical (unpaired) electrons. The first-order chi connectivity index (χ1) is 13.4. The molecule has 1 heterocycles. The standard InChI is InChI=1S/C19H15Cl2NO5S/c1-25-13-6-4-11(8-14(13)26-2)22-16(23)9-27-19(24)18-17(21)12-5-3-10(20)7-15(12)28-18/h3-8H,9H2,1-2H3,(H,22,23). The lowest BCUT2D eigenvalue weighted by Crippen LogP contribution is -2.20. The van der Waals surface area contributed by atoms with Crippen LogP contribution in [0.1, 0.15) is 9.67 Å². The SMILES string of the molecule is COc1ccc(NC(=O)COC(=O)c2sc3cc(Cl)ccc3c2Cl)cc1OC. The fourth-order valence-corrected chi connectivity index (χ4v) is 4.16. The number of thiophene rings is 1. The zero-order valence-corrected chi connectivity index (χ0v) is 17.2. The molecule has 0 bridgehead atoms. The molecule has 2 aromatic carbocycles. The Hall–Kier alpha value is -2.48. The molecule has 0 atom stereocenters. The number of amides is 1. The molecule has 0 aliphatic rings. The summed E-state index contributed by atoms with van der Waals surface area (Å²) in [6, 6.07) is 10.0. The molecule has 28 heavy (non-hydrogen) atoms. The van der Waals surface area contributed by atoms with E-state index in [1.807, 2.05) is 0 Å². The number of ether oxygens (including phenoxy) is 3. The number of fused-ring (bicyclic) bond motifs is 1. The number of anilines is 1. The van der Waals surface area contributed by atoms with Gasteiger partial charge in [-0.15, -0.1) is 11.3 Å². The van der Waals surface area contributed by atoms with Gasteiger partial charge in [0.15, 0.2) is 18.1 Å². The zero-order valence-electron chi connectivity index (χ0n) is 14.9. The van der Waals surface area contributed by atoms with Gasteiger partial charge in [-0.1, -0.05) is 29.3 Å². The Bertz CT molecular complexity index is 1050. The van der Waals surface area contributed by atoms with E-state index in [-0.39, 0.29) is 9.90 Å². The van der Waals surface area contributed by atoms with Crippen molar-refractivity contribution >= 4 is 62.2 Å². The van der Waals surface area contributed by atoms with Crippen LogP contribution in [0.3, 0.4) is 0 Å². The quantitative estimate of drug-likeness (QED) is 0.545. The van der Waals surface area contributed by atoms with E-state index in [1.165, 1.54) is 14.2 Å². The summed E-state index contributed by atoms with van der Waals surface area (Å²) in [6.45, 7) is -0.460. The van der Waals surface area contributed by atoms with Crippen molar-refractivity contribution in [2.75, 3.05) is 26.1 Å². The highest BCUT2D eigenvalue weighted by Crippen LogP contribution is 2.37. The Balaban J connectivity index is 1.65. The summed E-state index contributed by atoms with van der Waals surface area (Å²) in [5.74, 6) is -0.176. The van der Waals surface area contributed by atoms with Crippen LogP contribution in [-0.4, -0.2) is 32.7 Å². The Morgan fingerprint density at radius 2 is 1.79 bits per heavy atom. The molecule has 0 saturated heterocycles. The molecule has 3 rings (SSSR count). The first kappa shape index (κ1) is 20.3. The number of hydrogen-bond donors (Lipinski definition) is 1. The van der Waals surface area contributed by atoms with E-state index in [1.54, 1.807) is 36.4 Å². The normalized spacial score (nSPS) is 10.6. The smallest absolute Gasteiger partial charge is 0.350 e. The van der Waals surface area contributed by atoms with Crippen LogP contribution in [0.5, 0.6) is 11.5 Å². The highest BCUT2D eigenvalue weighted by Gasteiger charge is 2.20. The number of methoxy groups -OCH3 is 2. The van der Waals surface area contributed by atoms with Crippen LogP contribution in [0.4, 0.5) is 5.69 Å². The number of halogens is 2. The lowest BCUT2D eigenvalue weighted by Gasteiger charge is -2.10. The molecule has 0 aliphatic carbocycles. The highest BCUT2D eigenvalue weighted by molar-refractivity contribution is 7.21. The van der Waals surface area contributed by atoms with Gasteiger partial charge in [-0.2, -0.15) is 0 Å². The van der Waals surface area contributed by atoms with Crippen LogP contribution >= 0.6 is 34.5 Å². The molecule has 1 N–H and O–H groups in total. The van der Waals surface area contributed by atoms with Crippen molar-refractivity contribution in [2.45, 2.75) is 0 Å². The number of carbonyl (C=O) groups excluding carboxylic acids is 2. The third-order valence-corrected chi connectivity index (χ3v) is 5.65. The summed E-state index contributed by atoms with van der Waals surface area (Å²) in [5.41, 5.74) is 0.480. The van der Waals surface area contributed by atoms with Gasteiger partial charge < -0.3 is 19.5 Å². The summed E-state index contributed by atoms with van der Waals surface area (Å²) < 4.78 is 16.2. The van der Waals surface area contributed by atoms with Crippen molar-refractivity contribution in [1.29, 1.82) is 0 Å². The monoisotopic (exact) mass is 439 g/mol.